The Hall–Kier alpha value is -0.250. The molecule has 0 spiro atoms. The van der Waals surface area contributed by atoms with Crippen LogP contribution in [0.25, 0.3) is 0 Å². The van der Waals surface area contributed by atoms with Gasteiger partial charge in [-0.3, -0.25) is 0 Å². The monoisotopic (exact) mass is 167 g/mol. The summed E-state index contributed by atoms with van der Waals surface area (Å²) < 4.78 is 36.3. The van der Waals surface area contributed by atoms with Crippen molar-refractivity contribution < 1.29 is 13.2 Å². The molecule has 66 valence electrons. The van der Waals surface area contributed by atoms with Crippen LogP contribution in [0.1, 0.15) is 19.3 Å². The van der Waals surface area contributed by atoms with E-state index in [2.05, 4.69) is 5.32 Å². The van der Waals surface area contributed by atoms with Gasteiger partial charge in [0.2, 0.25) is 0 Å². The quantitative estimate of drug-likeness (QED) is 0.581. The Morgan fingerprint density at radius 3 is 2.45 bits per heavy atom. The van der Waals surface area contributed by atoms with Gasteiger partial charge in [-0.15, -0.1) is 0 Å². The van der Waals surface area contributed by atoms with Gasteiger partial charge in [-0.1, -0.05) is 0 Å². The molecule has 0 bridgehead atoms. The van der Waals surface area contributed by atoms with Crippen molar-refractivity contribution in [2.45, 2.75) is 25.4 Å². The van der Waals surface area contributed by atoms with E-state index in [0.717, 1.165) is 6.54 Å². The van der Waals surface area contributed by atoms with Gasteiger partial charge in [0.1, 0.15) is 0 Å². The van der Waals surface area contributed by atoms with Crippen LogP contribution in [0, 0.1) is 5.92 Å². The first kappa shape index (κ1) is 8.84. The Morgan fingerprint density at radius 2 is 1.82 bits per heavy atom. The van der Waals surface area contributed by atoms with Gasteiger partial charge in [-0.05, 0) is 32.4 Å². The molecule has 1 nitrogen and oxygen atoms in total. The standard InChI is InChI=1S/C7H12F3N/c8-7(9,10)6-2-1-4-11-5-3-6/h6,11H,1-5H2. The second-order valence-corrected chi connectivity index (χ2v) is 2.92. The highest BCUT2D eigenvalue weighted by molar-refractivity contribution is 4.72. The van der Waals surface area contributed by atoms with Crippen molar-refractivity contribution in [3.05, 3.63) is 0 Å². The van der Waals surface area contributed by atoms with Crippen molar-refractivity contribution in [2.24, 2.45) is 5.92 Å². The summed E-state index contributed by atoms with van der Waals surface area (Å²) in [7, 11) is 0. The molecular formula is C7H12F3N. The maximum atomic E-state index is 12.1. The van der Waals surface area contributed by atoms with Gasteiger partial charge in [-0.2, -0.15) is 13.2 Å². The van der Waals surface area contributed by atoms with Gasteiger partial charge >= 0.3 is 6.18 Å². The van der Waals surface area contributed by atoms with E-state index in [1.165, 1.54) is 0 Å². The fraction of sp³-hybridized carbons (Fsp3) is 1.00. The molecule has 1 aliphatic heterocycles. The Kier molecular flexibility index (Phi) is 2.76. The predicted octanol–water partition coefficient (Wildman–Crippen LogP) is 1.94. The Balaban J connectivity index is 2.43. The van der Waals surface area contributed by atoms with Crippen LogP contribution < -0.4 is 5.32 Å². The molecule has 1 saturated heterocycles. The van der Waals surface area contributed by atoms with E-state index in [9.17, 15) is 13.2 Å². The van der Waals surface area contributed by atoms with Crippen LogP contribution in [0.5, 0.6) is 0 Å². The number of rotatable bonds is 0. The lowest BCUT2D eigenvalue weighted by atomic mass is 10.0. The molecule has 1 atom stereocenters. The van der Waals surface area contributed by atoms with Gasteiger partial charge in [0.25, 0.3) is 0 Å². The molecule has 1 fully saturated rings. The fourth-order valence-electron chi connectivity index (χ4n) is 1.35. The molecule has 0 amide bonds. The average Bonchev–Trinajstić information content (AvgIpc) is 2.10. The SMILES string of the molecule is FC(F)(F)C1CCCNCC1. The van der Waals surface area contributed by atoms with Crippen molar-refractivity contribution in [1.29, 1.82) is 0 Å². The van der Waals surface area contributed by atoms with Gasteiger partial charge in [-0.25, -0.2) is 0 Å². The van der Waals surface area contributed by atoms with Crippen molar-refractivity contribution in [2.75, 3.05) is 13.1 Å². The van der Waals surface area contributed by atoms with Gasteiger partial charge in [0, 0.05) is 0 Å². The first-order chi connectivity index (χ1) is 5.11. The number of alkyl halides is 3. The summed E-state index contributed by atoms with van der Waals surface area (Å²) >= 11 is 0. The predicted molar refractivity (Wildman–Crippen MR) is 36.3 cm³/mol. The van der Waals surface area contributed by atoms with E-state index in [1.807, 2.05) is 0 Å². The van der Waals surface area contributed by atoms with E-state index in [-0.39, 0.29) is 12.8 Å². The summed E-state index contributed by atoms with van der Waals surface area (Å²) in [4.78, 5) is 0. The minimum absolute atomic E-state index is 0.240. The zero-order valence-electron chi connectivity index (χ0n) is 6.25. The fourth-order valence-corrected chi connectivity index (χ4v) is 1.35. The van der Waals surface area contributed by atoms with Crippen LogP contribution in [0.3, 0.4) is 0 Å². The van der Waals surface area contributed by atoms with Crippen molar-refractivity contribution in [1.82, 2.24) is 5.32 Å². The van der Waals surface area contributed by atoms with Gasteiger partial charge < -0.3 is 5.32 Å². The second kappa shape index (κ2) is 3.43. The van der Waals surface area contributed by atoms with E-state index in [4.69, 9.17) is 0 Å². The Labute approximate surface area is 64.0 Å². The van der Waals surface area contributed by atoms with Gasteiger partial charge in [0.15, 0.2) is 0 Å². The van der Waals surface area contributed by atoms with Gasteiger partial charge in [0.05, 0.1) is 5.92 Å². The minimum atomic E-state index is -3.98. The molecule has 0 aromatic carbocycles. The summed E-state index contributed by atoms with van der Waals surface area (Å²) in [6.07, 6.45) is -2.81. The molecule has 1 aliphatic rings. The number of nitrogens with one attached hydrogen (secondary N) is 1. The normalized spacial score (nSPS) is 28.1. The third-order valence-corrected chi connectivity index (χ3v) is 2.04. The molecule has 1 heterocycles. The Bertz CT molecular complexity index is 113. The first-order valence-electron chi connectivity index (χ1n) is 3.88. The van der Waals surface area contributed by atoms with Crippen molar-refractivity contribution in [3.63, 3.8) is 0 Å². The maximum Gasteiger partial charge on any atom is 0.391 e. The molecule has 0 aromatic heterocycles. The molecule has 11 heavy (non-hydrogen) atoms. The largest absolute Gasteiger partial charge is 0.391 e. The van der Waals surface area contributed by atoms with Crippen molar-refractivity contribution >= 4 is 0 Å². The second-order valence-electron chi connectivity index (χ2n) is 2.92. The minimum Gasteiger partial charge on any atom is -0.317 e. The summed E-state index contributed by atoms with van der Waals surface area (Å²) in [5, 5.41) is 2.95. The average molecular weight is 167 g/mol. The highest BCUT2D eigenvalue weighted by atomic mass is 19.4. The number of hydrogen-bond donors (Lipinski definition) is 1. The van der Waals surface area contributed by atoms with Crippen LogP contribution in [-0.2, 0) is 0 Å². The van der Waals surface area contributed by atoms with Crippen LogP contribution in [0.15, 0.2) is 0 Å². The highest BCUT2D eigenvalue weighted by Gasteiger charge is 2.38. The molecule has 4 heteroatoms. The summed E-state index contributed by atoms with van der Waals surface area (Å²) in [5.74, 6) is -1.07. The molecule has 0 aromatic rings. The maximum absolute atomic E-state index is 12.1. The molecule has 1 rings (SSSR count). The third-order valence-electron chi connectivity index (χ3n) is 2.04. The van der Waals surface area contributed by atoms with Crippen molar-refractivity contribution in [3.8, 4) is 0 Å². The molecule has 0 radical (unpaired) electrons. The Morgan fingerprint density at radius 1 is 1.09 bits per heavy atom. The molecular weight excluding hydrogens is 155 g/mol. The molecule has 1 unspecified atom stereocenters. The summed E-state index contributed by atoms with van der Waals surface area (Å²) in [5.41, 5.74) is 0. The van der Waals surface area contributed by atoms with E-state index in [0.29, 0.717) is 13.0 Å². The summed E-state index contributed by atoms with van der Waals surface area (Å²) in [6, 6.07) is 0. The highest BCUT2D eigenvalue weighted by Crippen LogP contribution is 2.32. The van der Waals surface area contributed by atoms with E-state index < -0.39 is 12.1 Å². The van der Waals surface area contributed by atoms with E-state index in [1.54, 1.807) is 0 Å². The van der Waals surface area contributed by atoms with Crippen LogP contribution >= 0.6 is 0 Å². The molecule has 0 aliphatic carbocycles. The lowest BCUT2D eigenvalue weighted by molar-refractivity contribution is -0.176. The lowest BCUT2D eigenvalue weighted by Gasteiger charge is -2.16. The zero-order chi connectivity index (χ0) is 8.32. The zero-order valence-corrected chi connectivity index (χ0v) is 6.25. The number of hydrogen-bond acceptors (Lipinski definition) is 1. The topological polar surface area (TPSA) is 12.0 Å². The summed E-state index contributed by atoms with van der Waals surface area (Å²) in [6.45, 7) is 1.23. The molecule has 1 N–H and O–H groups in total. The third kappa shape index (κ3) is 2.69. The first-order valence-corrected chi connectivity index (χ1v) is 3.88. The molecule has 0 saturated carbocycles. The van der Waals surface area contributed by atoms with E-state index >= 15 is 0 Å². The smallest absolute Gasteiger partial charge is 0.317 e. The number of halogens is 3. The van der Waals surface area contributed by atoms with Crippen LogP contribution in [0.4, 0.5) is 13.2 Å². The lowest BCUT2D eigenvalue weighted by Crippen LogP contribution is -2.23. The van der Waals surface area contributed by atoms with Crippen LogP contribution in [-0.4, -0.2) is 19.3 Å². The van der Waals surface area contributed by atoms with Crippen LogP contribution in [0.2, 0.25) is 0 Å².